The summed E-state index contributed by atoms with van der Waals surface area (Å²) in [5, 5.41) is 20.2. The van der Waals surface area contributed by atoms with Gasteiger partial charge in [0.1, 0.15) is 0 Å². The highest BCUT2D eigenvalue weighted by Gasteiger charge is 2.08. The minimum atomic E-state index is 0.181. The van der Waals surface area contributed by atoms with Crippen molar-refractivity contribution in [3.63, 3.8) is 0 Å². The summed E-state index contributed by atoms with van der Waals surface area (Å²) in [4.78, 5) is 37.6. The summed E-state index contributed by atoms with van der Waals surface area (Å²) in [5.41, 5.74) is 0. The lowest BCUT2D eigenvalue weighted by Crippen LogP contribution is -2.17. The lowest BCUT2D eigenvalue weighted by molar-refractivity contribution is 0.197. The van der Waals surface area contributed by atoms with E-state index in [1.807, 2.05) is 33.3 Å². The number of nitrogens with one attached hydrogen (secondary N) is 6. The van der Waals surface area contributed by atoms with Gasteiger partial charge in [0.2, 0.25) is 41.0 Å². The van der Waals surface area contributed by atoms with Crippen LogP contribution in [-0.2, 0) is 4.74 Å². The Hall–Kier alpha value is -3.22. The molecule has 0 aromatic carbocycles. The van der Waals surface area contributed by atoms with Gasteiger partial charge in [0, 0.05) is 52.0 Å². The molecule has 0 amide bonds. The SMILES string of the molecule is CCNc1nc(Cl)nc(NCCCOC)n1.CCNc1nc(NCC)nc(SC)n1.CSc1nc(NC(C)C)nc(NC(C)C)n1. The average Bonchev–Trinajstić information content (AvgIpc) is 2.99. The number of ether oxygens (including phenoxy) is 1. The summed E-state index contributed by atoms with van der Waals surface area (Å²) in [7, 11) is 1.67. The molecule has 258 valence electrons. The third-order valence-corrected chi connectivity index (χ3v) is 6.12. The second kappa shape index (κ2) is 24.0. The van der Waals surface area contributed by atoms with Gasteiger partial charge in [0.05, 0.1) is 0 Å². The van der Waals surface area contributed by atoms with Crippen LogP contribution in [0.4, 0.5) is 35.7 Å². The number of rotatable bonds is 17. The highest BCUT2D eigenvalue weighted by molar-refractivity contribution is 7.98. The van der Waals surface area contributed by atoms with Crippen LogP contribution >= 0.6 is 35.1 Å². The number of thioether (sulfide) groups is 2. The van der Waals surface area contributed by atoms with E-state index in [2.05, 4.69) is 104 Å². The van der Waals surface area contributed by atoms with E-state index in [1.54, 1.807) is 7.11 Å². The van der Waals surface area contributed by atoms with Gasteiger partial charge in [-0.25, -0.2) is 0 Å². The van der Waals surface area contributed by atoms with Crippen LogP contribution in [0.1, 0.15) is 54.9 Å². The minimum absolute atomic E-state index is 0.181. The third-order valence-electron chi connectivity index (χ3n) is 4.85. The first kappa shape index (κ1) is 40.8. The molecule has 0 unspecified atom stereocenters. The van der Waals surface area contributed by atoms with Crippen molar-refractivity contribution in [1.82, 2.24) is 44.9 Å². The molecule has 0 spiro atoms. The van der Waals surface area contributed by atoms with Crippen molar-refractivity contribution in [1.29, 1.82) is 0 Å². The number of nitrogens with zero attached hydrogens (tertiary/aromatic N) is 9. The fraction of sp³-hybridized carbons (Fsp3) is 0.667. The Morgan fingerprint density at radius 1 is 0.587 bits per heavy atom. The molecule has 0 saturated carbocycles. The van der Waals surface area contributed by atoms with E-state index >= 15 is 0 Å². The van der Waals surface area contributed by atoms with Gasteiger partial charge in [-0.2, -0.15) is 44.9 Å². The topological polar surface area (TPSA) is 197 Å². The van der Waals surface area contributed by atoms with Gasteiger partial charge < -0.3 is 36.6 Å². The number of methoxy groups -OCH3 is 1. The molecule has 0 radical (unpaired) electrons. The molecular formula is C27H50ClN15OS2. The Morgan fingerprint density at radius 3 is 1.33 bits per heavy atom. The fourth-order valence-electron chi connectivity index (χ4n) is 3.10. The molecule has 3 rings (SSSR count). The molecule has 0 fully saturated rings. The van der Waals surface area contributed by atoms with E-state index in [1.165, 1.54) is 23.5 Å². The molecule has 46 heavy (non-hydrogen) atoms. The molecule has 3 aromatic heterocycles. The van der Waals surface area contributed by atoms with E-state index < -0.39 is 0 Å². The highest BCUT2D eigenvalue weighted by atomic mass is 35.5. The van der Waals surface area contributed by atoms with E-state index in [4.69, 9.17) is 16.3 Å². The summed E-state index contributed by atoms with van der Waals surface area (Å²) in [6.45, 7) is 18.0. The van der Waals surface area contributed by atoms with Crippen LogP contribution in [0.3, 0.4) is 0 Å². The van der Waals surface area contributed by atoms with Crippen LogP contribution in [0, 0.1) is 0 Å². The molecule has 0 atom stereocenters. The van der Waals surface area contributed by atoms with Crippen LogP contribution in [0.15, 0.2) is 10.3 Å². The van der Waals surface area contributed by atoms with Gasteiger partial charge in [-0.15, -0.1) is 0 Å². The highest BCUT2D eigenvalue weighted by Crippen LogP contribution is 2.15. The van der Waals surface area contributed by atoms with Crippen molar-refractivity contribution in [3.05, 3.63) is 5.28 Å². The Morgan fingerprint density at radius 2 is 0.957 bits per heavy atom. The van der Waals surface area contributed by atoms with Crippen LogP contribution < -0.4 is 31.9 Å². The van der Waals surface area contributed by atoms with Crippen molar-refractivity contribution >= 4 is 70.8 Å². The molecule has 3 aromatic rings. The summed E-state index contributed by atoms with van der Waals surface area (Å²) >= 11 is 8.77. The van der Waals surface area contributed by atoms with E-state index in [0.29, 0.717) is 54.4 Å². The van der Waals surface area contributed by atoms with Crippen LogP contribution in [0.5, 0.6) is 0 Å². The second-order valence-corrected chi connectivity index (χ2v) is 11.5. The first-order chi connectivity index (χ1) is 22.1. The lowest BCUT2D eigenvalue weighted by Gasteiger charge is -2.12. The van der Waals surface area contributed by atoms with Gasteiger partial charge in [-0.1, -0.05) is 23.5 Å². The van der Waals surface area contributed by atoms with Gasteiger partial charge in [-0.05, 0) is 79.0 Å². The number of hydrogen-bond acceptors (Lipinski definition) is 18. The molecule has 0 saturated heterocycles. The smallest absolute Gasteiger partial charge is 0.228 e. The third kappa shape index (κ3) is 18.1. The molecule has 0 aliphatic rings. The van der Waals surface area contributed by atoms with Crippen molar-refractivity contribution in [2.24, 2.45) is 0 Å². The van der Waals surface area contributed by atoms with Crippen LogP contribution in [0.25, 0.3) is 0 Å². The van der Waals surface area contributed by atoms with E-state index in [-0.39, 0.29) is 5.28 Å². The van der Waals surface area contributed by atoms with E-state index in [9.17, 15) is 0 Å². The number of hydrogen-bond donors (Lipinski definition) is 6. The van der Waals surface area contributed by atoms with Crippen molar-refractivity contribution in [3.8, 4) is 0 Å². The molecule has 0 aliphatic carbocycles. The van der Waals surface area contributed by atoms with E-state index in [0.717, 1.165) is 42.9 Å². The molecule has 6 N–H and O–H groups in total. The van der Waals surface area contributed by atoms with Gasteiger partial charge in [0.15, 0.2) is 10.3 Å². The summed E-state index contributed by atoms with van der Waals surface area (Å²) < 4.78 is 4.93. The Kier molecular flexibility index (Phi) is 21.3. The minimum Gasteiger partial charge on any atom is -0.385 e. The zero-order valence-electron chi connectivity index (χ0n) is 28.5. The van der Waals surface area contributed by atoms with Gasteiger partial charge >= 0.3 is 0 Å². The fourth-order valence-corrected chi connectivity index (χ4v) is 3.97. The summed E-state index contributed by atoms with van der Waals surface area (Å²) in [6, 6.07) is 0.619. The first-order valence-electron chi connectivity index (χ1n) is 15.1. The monoisotopic (exact) mass is 699 g/mol. The largest absolute Gasteiger partial charge is 0.385 e. The standard InChI is InChI=1S/C10H19N5S.C9H16ClN5O.C8H15N5S/c1-6(2)11-8-13-9(12-7(3)4)15-10(14-8)16-5;1-3-11-8-13-7(10)14-9(15-8)12-5-4-6-16-2;1-4-9-6-11-7(10-5-2)13-8(12-6)14-3/h6-7H,1-5H3,(H2,11,12,13,14,15);3-6H2,1-2H3,(H2,11,12,13,14,15);4-5H2,1-3H3,(H2,9,10,11,12,13). The van der Waals surface area contributed by atoms with Crippen molar-refractivity contribution < 1.29 is 4.74 Å². The molecule has 0 aliphatic heterocycles. The maximum atomic E-state index is 5.76. The summed E-state index contributed by atoms with van der Waals surface area (Å²) in [5.74, 6) is 3.46. The van der Waals surface area contributed by atoms with Crippen molar-refractivity contribution in [2.45, 2.75) is 77.3 Å². The zero-order chi connectivity index (χ0) is 34.3. The quantitative estimate of drug-likeness (QED) is 0.0803. The Labute approximate surface area is 286 Å². The van der Waals surface area contributed by atoms with Gasteiger partial charge in [0.25, 0.3) is 0 Å². The molecule has 3 heterocycles. The normalized spacial score (nSPS) is 10.4. The number of halogens is 1. The van der Waals surface area contributed by atoms with Crippen molar-refractivity contribution in [2.75, 3.05) is 84.3 Å². The molecular weight excluding hydrogens is 650 g/mol. The Balaban J connectivity index is 0.000000346. The van der Waals surface area contributed by atoms with Crippen LogP contribution in [-0.4, -0.2) is 109 Å². The molecule has 19 heteroatoms. The number of anilines is 6. The van der Waals surface area contributed by atoms with Crippen LogP contribution in [0.2, 0.25) is 5.28 Å². The molecule has 16 nitrogen and oxygen atoms in total. The molecule has 0 bridgehead atoms. The zero-order valence-corrected chi connectivity index (χ0v) is 30.9. The predicted molar refractivity (Wildman–Crippen MR) is 193 cm³/mol. The lowest BCUT2D eigenvalue weighted by atomic mass is 10.4. The summed E-state index contributed by atoms with van der Waals surface area (Å²) in [6.07, 6.45) is 4.78. The predicted octanol–water partition coefficient (Wildman–Crippen LogP) is 5.10. The second-order valence-electron chi connectivity index (χ2n) is 9.65. The first-order valence-corrected chi connectivity index (χ1v) is 17.9. The number of aromatic nitrogens is 9. The Bertz CT molecular complexity index is 1210. The average molecular weight is 700 g/mol. The van der Waals surface area contributed by atoms with Gasteiger partial charge in [-0.3, -0.25) is 0 Å². The maximum Gasteiger partial charge on any atom is 0.228 e. The maximum absolute atomic E-state index is 5.76.